The number of amides is 1. The van der Waals surface area contributed by atoms with E-state index in [1.54, 1.807) is 19.2 Å². The Morgan fingerprint density at radius 1 is 1.12 bits per heavy atom. The number of hydrogen-bond donors (Lipinski definition) is 4. The SMILES string of the molecule is C#Cc1cccc(C2(NC[C@H](O)[C@H](Cc3cc(F)cc(F)c3)NC(=O)c3ccc(CCOC)c(NCCCC)c3)CC2)c1. The molecule has 1 fully saturated rings. The predicted octanol–water partition coefficient (Wildman–Crippen LogP) is 5.33. The molecule has 0 unspecified atom stereocenters. The van der Waals surface area contributed by atoms with E-state index < -0.39 is 23.8 Å². The fourth-order valence-electron chi connectivity index (χ4n) is 5.27. The molecule has 8 heteroatoms. The molecular formula is C35H41F2N3O3. The van der Waals surface area contributed by atoms with E-state index in [0.717, 1.165) is 60.7 Å². The third-order valence-corrected chi connectivity index (χ3v) is 7.93. The zero-order chi connectivity index (χ0) is 30.8. The van der Waals surface area contributed by atoms with Crippen molar-refractivity contribution in [3.05, 3.63) is 100 Å². The first-order chi connectivity index (χ1) is 20.8. The minimum Gasteiger partial charge on any atom is -0.390 e. The van der Waals surface area contributed by atoms with E-state index in [1.807, 2.05) is 30.3 Å². The number of aliphatic hydroxyl groups is 1. The van der Waals surface area contributed by atoms with Crippen molar-refractivity contribution >= 4 is 11.6 Å². The Morgan fingerprint density at radius 3 is 2.56 bits per heavy atom. The normalized spacial score (nSPS) is 14.9. The summed E-state index contributed by atoms with van der Waals surface area (Å²) in [6.45, 7) is 3.59. The van der Waals surface area contributed by atoms with Crippen molar-refractivity contribution in [2.45, 2.75) is 63.1 Å². The quantitative estimate of drug-likeness (QED) is 0.134. The molecule has 43 heavy (non-hydrogen) atoms. The van der Waals surface area contributed by atoms with Gasteiger partial charge in [0.05, 0.1) is 18.8 Å². The second-order valence-electron chi connectivity index (χ2n) is 11.2. The average Bonchev–Trinajstić information content (AvgIpc) is 3.79. The number of ether oxygens (including phenoxy) is 1. The maximum atomic E-state index is 14.0. The fraction of sp³-hybridized carbons (Fsp3) is 0.400. The molecule has 1 aliphatic carbocycles. The van der Waals surface area contributed by atoms with Gasteiger partial charge in [-0.25, -0.2) is 8.78 Å². The number of benzene rings is 3. The van der Waals surface area contributed by atoms with Crippen molar-refractivity contribution < 1.29 is 23.4 Å². The minimum absolute atomic E-state index is 0.0381. The molecule has 1 amide bonds. The van der Waals surface area contributed by atoms with Gasteiger partial charge >= 0.3 is 0 Å². The smallest absolute Gasteiger partial charge is 0.251 e. The second kappa shape index (κ2) is 15.1. The van der Waals surface area contributed by atoms with Crippen molar-refractivity contribution in [3.8, 4) is 12.3 Å². The van der Waals surface area contributed by atoms with E-state index in [9.17, 15) is 18.7 Å². The van der Waals surface area contributed by atoms with Gasteiger partial charge in [0, 0.05) is 48.6 Å². The molecule has 0 radical (unpaired) electrons. The van der Waals surface area contributed by atoms with Crippen LogP contribution in [0.5, 0.6) is 0 Å². The zero-order valence-corrected chi connectivity index (χ0v) is 24.9. The molecule has 0 heterocycles. The van der Waals surface area contributed by atoms with Crippen molar-refractivity contribution in [1.29, 1.82) is 0 Å². The zero-order valence-electron chi connectivity index (χ0n) is 24.9. The minimum atomic E-state index is -1.05. The summed E-state index contributed by atoms with van der Waals surface area (Å²) in [5.41, 5.74) is 4.15. The number of unbranched alkanes of at least 4 members (excludes halogenated alkanes) is 1. The molecule has 1 aliphatic rings. The lowest BCUT2D eigenvalue weighted by molar-refractivity contribution is 0.0822. The lowest BCUT2D eigenvalue weighted by Gasteiger charge is -2.27. The molecule has 4 N–H and O–H groups in total. The Balaban J connectivity index is 1.53. The van der Waals surface area contributed by atoms with E-state index in [4.69, 9.17) is 11.2 Å². The molecule has 2 atom stereocenters. The highest BCUT2D eigenvalue weighted by molar-refractivity contribution is 5.95. The summed E-state index contributed by atoms with van der Waals surface area (Å²) in [5.74, 6) is 0.840. The van der Waals surface area contributed by atoms with Gasteiger partial charge in [0.2, 0.25) is 0 Å². The number of halogens is 2. The molecule has 0 spiro atoms. The number of anilines is 1. The third kappa shape index (κ3) is 8.87. The number of carbonyl (C=O) groups excluding carboxylic acids is 1. The van der Waals surface area contributed by atoms with Gasteiger partial charge in [-0.3, -0.25) is 4.79 Å². The molecule has 3 aromatic carbocycles. The van der Waals surface area contributed by atoms with Crippen LogP contribution in [0.25, 0.3) is 0 Å². The average molecular weight is 590 g/mol. The van der Waals surface area contributed by atoms with E-state index in [1.165, 1.54) is 12.1 Å². The molecule has 6 nitrogen and oxygen atoms in total. The number of carbonyl (C=O) groups is 1. The number of hydrogen-bond acceptors (Lipinski definition) is 5. The van der Waals surface area contributed by atoms with E-state index in [2.05, 4.69) is 28.8 Å². The molecule has 0 saturated heterocycles. The number of rotatable bonds is 16. The molecular weight excluding hydrogens is 548 g/mol. The van der Waals surface area contributed by atoms with Crippen LogP contribution in [0.15, 0.2) is 60.7 Å². The summed E-state index contributed by atoms with van der Waals surface area (Å²) in [7, 11) is 1.65. The molecule has 0 bridgehead atoms. The Bertz CT molecular complexity index is 1410. The van der Waals surface area contributed by atoms with Crippen LogP contribution in [0, 0.1) is 24.0 Å². The molecule has 3 aromatic rings. The van der Waals surface area contributed by atoms with Crippen LogP contribution in [0.4, 0.5) is 14.5 Å². The van der Waals surface area contributed by atoms with Crippen LogP contribution >= 0.6 is 0 Å². The number of nitrogens with one attached hydrogen (secondary N) is 3. The van der Waals surface area contributed by atoms with Gasteiger partial charge in [0.25, 0.3) is 5.91 Å². The lowest BCUT2D eigenvalue weighted by Crippen LogP contribution is -2.50. The van der Waals surface area contributed by atoms with Crippen molar-refractivity contribution in [3.63, 3.8) is 0 Å². The Morgan fingerprint density at radius 2 is 1.88 bits per heavy atom. The van der Waals surface area contributed by atoms with E-state index in [-0.39, 0.29) is 24.4 Å². The second-order valence-corrected chi connectivity index (χ2v) is 11.2. The molecule has 0 aromatic heterocycles. The van der Waals surface area contributed by atoms with E-state index >= 15 is 0 Å². The topological polar surface area (TPSA) is 82.6 Å². The highest BCUT2D eigenvalue weighted by Crippen LogP contribution is 2.45. The first kappa shape index (κ1) is 32.2. The van der Waals surface area contributed by atoms with Crippen LogP contribution in [-0.2, 0) is 23.1 Å². The van der Waals surface area contributed by atoms with Gasteiger partial charge < -0.3 is 25.8 Å². The highest BCUT2D eigenvalue weighted by atomic mass is 19.1. The van der Waals surface area contributed by atoms with Crippen LogP contribution in [0.1, 0.15) is 65.2 Å². The Kier molecular flexibility index (Phi) is 11.3. The van der Waals surface area contributed by atoms with Crippen LogP contribution in [-0.4, -0.2) is 50.0 Å². The highest BCUT2D eigenvalue weighted by Gasteiger charge is 2.44. The number of methoxy groups -OCH3 is 1. The fourth-order valence-corrected chi connectivity index (χ4v) is 5.27. The van der Waals surface area contributed by atoms with Gasteiger partial charge in [0.15, 0.2) is 0 Å². The molecule has 1 saturated carbocycles. The summed E-state index contributed by atoms with van der Waals surface area (Å²) in [6.07, 6.45) is 9.04. The maximum Gasteiger partial charge on any atom is 0.251 e. The summed E-state index contributed by atoms with van der Waals surface area (Å²) in [6, 6.07) is 15.6. The van der Waals surface area contributed by atoms with Crippen LogP contribution < -0.4 is 16.0 Å². The van der Waals surface area contributed by atoms with Crippen LogP contribution in [0.3, 0.4) is 0 Å². The third-order valence-electron chi connectivity index (χ3n) is 7.93. The summed E-state index contributed by atoms with van der Waals surface area (Å²) in [5, 5.41) is 21.2. The van der Waals surface area contributed by atoms with Crippen molar-refractivity contribution in [2.24, 2.45) is 0 Å². The Labute approximate surface area is 253 Å². The summed E-state index contributed by atoms with van der Waals surface area (Å²) in [4.78, 5) is 13.5. The van der Waals surface area contributed by atoms with Crippen molar-refractivity contribution in [1.82, 2.24) is 10.6 Å². The molecule has 228 valence electrons. The lowest BCUT2D eigenvalue weighted by atomic mass is 9.98. The first-order valence-electron chi connectivity index (χ1n) is 14.9. The first-order valence-corrected chi connectivity index (χ1v) is 14.9. The number of aliphatic hydroxyl groups excluding tert-OH is 1. The Hall–Kier alpha value is -3.77. The number of terminal acetylenes is 1. The predicted molar refractivity (Wildman–Crippen MR) is 166 cm³/mol. The maximum absolute atomic E-state index is 14.0. The monoisotopic (exact) mass is 589 g/mol. The standard InChI is InChI=1S/C35H41F2N3O3/c1-4-6-15-38-31-21-27(11-10-26(31)12-16-43-3)34(42)40-32(20-25-18-29(36)22-30(37)19-25)33(41)23-39-35(13-14-35)28-9-7-8-24(5-2)17-28/h2,7-11,17-19,21-22,32-33,38-39,41H,4,6,12-16,20,23H2,1,3H3,(H,40,42)/t32-,33-/m0/s1. The van der Waals surface area contributed by atoms with Crippen molar-refractivity contribution in [2.75, 3.05) is 32.1 Å². The molecule has 4 rings (SSSR count). The summed E-state index contributed by atoms with van der Waals surface area (Å²) < 4.78 is 33.3. The van der Waals surface area contributed by atoms with Gasteiger partial charge in [0.1, 0.15) is 11.6 Å². The van der Waals surface area contributed by atoms with Crippen LogP contribution in [0.2, 0.25) is 0 Å². The van der Waals surface area contributed by atoms with E-state index in [0.29, 0.717) is 24.2 Å². The largest absolute Gasteiger partial charge is 0.390 e. The van der Waals surface area contributed by atoms with Gasteiger partial charge in [-0.2, -0.15) is 0 Å². The van der Waals surface area contributed by atoms with Gasteiger partial charge in [-0.15, -0.1) is 6.42 Å². The van der Waals surface area contributed by atoms with Gasteiger partial charge in [-0.1, -0.05) is 37.5 Å². The summed E-state index contributed by atoms with van der Waals surface area (Å²) >= 11 is 0. The van der Waals surface area contributed by atoms with Gasteiger partial charge in [-0.05, 0) is 85.2 Å². The molecule has 0 aliphatic heterocycles.